The van der Waals surface area contributed by atoms with Crippen molar-refractivity contribution >= 4 is 28.4 Å². The van der Waals surface area contributed by atoms with E-state index in [1.54, 1.807) is 0 Å². The molecule has 0 aliphatic heterocycles. The summed E-state index contributed by atoms with van der Waals surface area (Å²) >= 11 is 0. The summed E-state index contributed by atoms with van der Waals surface area (Å²) in [6.07, 6.45) is 9.11. The van der Waals surface area contributed by atoms with Gasteiger partial charge in [-0.25, -0.2) is 0 Å². The van der Waals surface area contributed by atoms with E-state index < -0.39 is 0 Å². The first-order chi connectivity index (χ1) is 33.7. The fourth-order valence-electron chi connectivity index (χ4n) is 9.63. The van der Waals surface area contributed by atoms with Gasteiger partial charge in [0.2, 0.25) is 0 Å². The maximum Gasteiger partial charge on any atom is 0.0628 e. The second-order valence-corrected chi connectivity index (χ2v) is 17.3. The van der Waals surface area contributed by atoms with Crippen molar-refractivity contribution in [3.8, 4) is 55.6 Å². The van der Waals surface area contributed by atoms with Crippen LogP contribution in [0.5, 0.6) is 0 Å². The highest BCUT2D eigenvalue weighted by molar-refractivity contribution is 5.89. The van der Waals surface area contributed by atoms with Crippen LogP contribution < -0.4 is 9.80 Å². The van der Waals surface area contributed by atoms with Gasteiger partial charge in [-0.05, 0) is 110 Å². The van der Waals surface area contributed by atoms with Crippen molar-refractivity contribution in [3.63, 3.8) is 0 Å². The molecule has 2 unspecified atom stereocenters. The predicted molar refractivity (Wildman–Crippen MR) is 288 cm³/mol. The number of benzene rings is 10. The van der Waals surface area contributed by atoms with Crippen LogP contribution in [-0.4, -0.2) is 6.04 Å². The average Bonchev–Trinajstić information content (AvgIpc) is 3.43. The molecule has 0 N–H and O–H groups in total. The first-order valence-corrected chi connectivity index (χ1v) is 23.5. The topological polar surface area (TPSA) is 6.48 Å². The van der Waals surface area contributed by atoms with Crippen LogP contribution in [0.4, 0.5) is 28.4 Å². The lowest BCUT2D eigenvalue weighted by atomic mass is 9.85. The molecule has 11 rings (SSSR count). The minimum absolute atomic E-state index is 0.0245. The second kappa shape index (κ2) is 19.4. The third-order valence-electron chi connectivity index (χ3n) is 13.1. The van der Waals surface area contributed by atoms with E-state index in [-0.39, 0.29) is 12.0 Å². The van der Waals surface area contributed by atoms with E-state index >= 15 is 0 Å². The number of para-hydroxylation sites is 1. The lowest BCUT2D eigenvalue weighted by Gasteiger charge is -2.38. The SMILES string of the molecule is C1=CC(c2ccc(-c3ccccc3N(c3ccc(-c4ccccc4)cc3)c3ccc(-c4ccccc4)cc3)cc2)C(N(c2ccc(-c3ccccc3)cc2)c2ccc(-c3ccccc3)cc2)C=C1. The molecule has 0 fully saturated rings. The molecule has 0 heterocycles. The highest BCUT2D eigenvalue weighted by atomic mass is 15.2. The lowest BCUT2D eigenvalue weighted by Crippen LogP contribution is -2.35. The average molecular weight is 871 g/mol. The maximum atomic E-state index is 2.50. The Bertz CT molecular complexity index is 3100. The number of hydrogen-bond donors (Lipinski definition) is 0. The van der Waals surface area contributed by atoms with Crippen molar-refractivity contribution in [1.29, 1.82) is 0 Å². The first-order valence-electron chi connectivity index (χ1n) is 23.5. The molecule has 0 radical (unpaired) electrons. The van der Waals surface area contributed by atoms with Crippen LogP contribution in [0, 0.1) is 0 Å². The third kappa shape index (κ3) is 8.84. The van der Waals surface area contributed by atoms with Crippen molar-refractivity contribution in [3.05, 3.63) is 297 Å². The molecular weight excluding hydrogens is 821 g/mol. The Labute approximate surface area is 400 Å². The van der Waals surface area contributed by atoms with Gasteiger partial charge in [0.15, 0.2) is 0 Å². The van der Waals surface area contributed by atoms with E-state index in [9.17, 15) is 0 Å². The van der Waals surface area contributed by atoms with Crippen molar-refractivity contribution in [1.82, 2.24) is 0 Å². The summed E-state index contributed by atoms with van der Waals surface area (Å²) in [6.45, 7) is 0. The summed E-state index contributed by atoms with van der Waals surface area (Å²) < 4.78 is 0. The van der Waals surface area contributed by atoms with Crippen LogP contribution in [0.25, 0.3) is 55.6 Å². The maximum absolute atomic E-state index is 2.50. The zero-order chi connectivity index (χ0) is 45.5. The summed E-state index contributed by atoms with van der Waals surface area (Å²) in [7, 11) is 0. The molecule has 0 bridgehead atoms. The summed E-state index contributed by atoms with van der Waals surface area (Å²) in [5.41, 5.74) is 18.8. The van der Waals surface area contributed by atoms with E-state index in [1.165, 1.54) is 50.1 Å². The minimum Gasteiger partial charge on any atom is -0.334 e. The van der Waals surface area contributed by atoms with Gasteiger partial charge in [-0.2, -0.15) is 0 Å². The van der Waals surface area contributed by atoms with Gasteiger partial charge in [0.25, 0.3) is 0 Å². The molecule has 0 saturated carbocycles. The monoisotopic (exact) mass is 870 g/mol. The summed E-state index contributed by atoms with van der Waals surface area (Å²) in [5, 5.41) is 0. The van der Waals surface area contributed by atoms with Gasteiger partial charge in [0.05, 0.1) is 11.7 Å². The molecule has 324 valence electrons. The number of rotatable bonds is 12. The molecule has 2 heteroatoms. The van der Waals surface area contributed by atoms with Crippen molar-refractivity contribution in [2.24, 2.45) is 0 Å². The van der Waals surface area contributed by atoms with Crippen molar-refractivity contribution < 1.29 is 0 Å². The van der Waals surface area contributed by atoms with Gasteiger partial charge in [-0.15, -0.1) is 0 Å². The second-order valence-electron chi connectivity index (χ2n) is 17.3. The van der Waals surface area contributed by atoms with Crippen molar-refractivity contribution in [2.75, 3.05) is 9.80 Å². The summed E-state index contributed by atoms with van der Waals surface area (Å²) in [4.78, 5) is 4.89. The summed E-state index contributed by atoms with van der Waals surface area (Å²) in [6, 6.07) is 96.5. The van der Waals surface area contributed by atoms with Gasteiger partial charge < -0.3 is 9.80 Å². The van der Waals surface area contributed by atoms with Crippen molar-refractivity contribution in [2.45, 2.75) is 12.0 Å². The fourth-order valence-corrected chi connectivity index (χ4v) is 9.63. The molecule has 0 amide bonds. The Balaban J connectivity index is 0.946. The van der Waals surface area contributed by atoms with E-state index in [0.29, 0.717) is 0 Å². The van der Waals surface area contributed by atoms with Crippen LogP contribution >= 0.6 is 0 Å². The molecular formula is C66H50N2. The molecule has 10 aromatic carbocycles. The van der Waals surface area contributed by atoms with Gasteiger partial charge in [0, 0.05) is 34.2 Å². The number of allylic oxidation sites excluding steroid dienone is 2. The Kier molecular flexibility index (Phi) is 12.0. The molecule has 0 saturated heterocycles. The van der Waals surface area contributed by atoms with Crippen LogP contribution in [0.15, 0.2) is 291 Å². The third-order valence-corrected chi connectivity index (χ3v) is 13.1. The minimum atomic E-state index is 0.0245. The normalized spacial score (nSPS) is 14.1. The van der Waals surface area contributed by atoms with E-state index in [2.05, 4.69) is 301 Å². The predicted octanol–water partition coefficient (Wildman–Crippen LogP) is 17.9. The zero-order valence-corrected chi connectivity index (χ0v) is 37.8. The molecule has 2 atom stereocenters. The van der Waals surface area contributed by atoms with Gasteiger partial charge >= 0.3 is 0 Å². The number of hydrogen-bond acceptors (Lipinski definition) is 2. The van der Waals surface area contributed by atoms with Crippen LogP contribution in [0.3, 0.4) is 0 Å². The number of anilines is 5. The molecule has 1 aliphatic carbocycles. The Hall–Kier alpha value is -8.72. The molecule has 68 heavy (non-hydrogen) atoms. The van der Waals surface area contributed by atoms with E-state index in [0.717, 1.165) is 39.6 Å². The van der Waals surface area contributed by atoms with Crippen LogP contribution in [-0.2, 0) is 0 Å². The largest absolute Gasteiger partial charge is 0.334 e. The Morgan fingerprint density at radius 3 is 0.985 bits per heavy atom. The van der Waals surface area contributed by atoms with Gasteiger partial charge in [-0.1, -0.05) is 237 Å². The van der Waals surface area contributed by atoms with Crippen LogP contribution in [0.1, 0.15) is 11.5 Å². The highest BCUT2D eigenvalue weighted by Crippen LogP contribution is 2.44. The Morgan fingerprint density at radius 2 is 0.574 bits per heavy atom. The van der Waals surface area contributed by atoms with E-state index in [4.69, 9.17) is 0 Å². The number of nitrogens with zero attached hydrogens (tertiary/aromatic N) is 2. The molecule has 1 aliphatic rings. The molecule has 2 nitrogen and oxygen atoms in total. The highest BCUT2D eigenvalue weighted by Gasteiger charge is 2.29. The Morgan fingerprint density at radius 1 is 0.250 bits per heavy atom. The standard InChI is InChI=1S/C66H50N2/c1-5-17-49(18-6-1)53-33-41-59(42-34-53)67(60-43-35-54(36-44-60)50-19-7-2-8-20-50)65-27-15-13-25-63(65)57-29-31-58(32-30-57)64-26-14-16-28-66(64)68(61-45-37-55(38-46-61)51-21-9-3-10-22-51)62-47-39-56(40-48-62)52-23-11-4-12-24-52/h1-48,63,65H. The lowest BCUT2D eigenvalue weighted by molar-refractivity contribution is 0.690. The smallest absolute Gasteiger partial charge is 0.0628 e. The quantitative estimate of drug-likeness (QED) is 0.121. The summed E-state index contributed by atoms with van der Waals surface area (Å²) in [5.74, 6) is 0.0923. The zero-order valence-electron chi connectivity index (χ0n) is 37.8. The molecule has 0 aromatic heterocycles. The fraction of sp³-hybridized carbons (Fsp3) is 0.0303. The molecule has 0 spiro atoms. The first kappa shape index (κ1) is 41.9. The molecule has 10 aromatic rings. The van der Waals surface area contributed by atoms with Gasteiger partial charge in [-0.3, -0.25) is 0 Å². The van der Waals surface area contributed by atoms with Crippen LogP contribution in [0.2, 0.25) is 0 Å². The van der Waals surface area contributed by atoms with Gasteiger partial charge in [0.1, 0.15) is 0 Å². The van der Waals surface area contributed by atoms with E-state index in [1.807, 2.05) is 0 Å².